The van der Waals surface area contributed by atoms with Crippen LogP contribution in [0.25, 0.3) is 0 Å². The van der Waals surface area contributed by atoms with Gasteiger partial charge in [0.2, 0.25) is 0 Å². The van der Waals surface area contributed by atoms with Crippen molar-refractivity contribution in [1.82, 2.24) is 4.57 Å². The third-order valence-electron chi connectivity index (χ3n) is 3.14. The van der Waals surface area contributed by atoms with E-state index < -0.39 is 0 Å². The fraction of sp³-hybridized carbons (Fsp3) is 0.200. The maximum absolute atomic E-state index is 12.2. The topological polar surface area (TPSA) is 66.6 Å². The van der Waals surface area contributed by atoms with Gasteiger partial charge in [-0.2, -0.15) is 5.10 Å². The van der Waals surface area contributed by atoms with E-state index >= 15 is 0 Å². The molecular formula is C15H17N3O2. The van der Waals surface area contributed by atoms with Crippen molar-refractivity contribution < 1.29 is 5.11 Å². The van der Waals surface area contributed by atoms with E-state index in [1.54, 1.807) is 27.0 Å². The Morgan fingerprint density at radius 1 is 1.30 bits per heavy atom. The molecule has 0 spiro atoms. The molecule has 0 aliphatic heterocycles. The smallest absolute Gasteiger partial charge is 0.263 e. The first-order chi connectivity index (χ1) is 9.50. The number of nitrogens with zero attached hydrogens (tertiary/aromatic N) is 2. The SMILES string of the molecule is C/C(=N\Nc1ccccc1)c1c(O)cc(C)n(C)c1=O. The molecule has 20 heavy (non-hydrogen) atoms. The summed E-state index contributed by atoms with van der Waals surface area (Å²) in [5, 5.41) is 14.1. The fourth-order valence-corrected chi connectivity index (χ4v) is 1.86. The maximum atomic E-state index is 12.2. The molecule has 0 bridgehead atoms. The minimum absolute atomic E-state index is 0.0540. The largest absolute Gasteiger partial charge is 0.507 e. The Morgan fingerprint density at radius 3 is 2.60 bits per heavy atom. The van der Waals surface area contributed by atoms with E-state index in [4.69, 9.17) is 0 Å². The molecule has 0 saturated carbocycles. The lowest BCUT2D eigenvalue weighted by atomic mass is 10.1. The van der Waals surface area contributed by atoms with Gasteiger partial charge in [-0.05, 0) is 26.0 Å². The van der Waals surface area contributed by atoms with Crippen LogP contribution in [0.4, 0.5) is 5.69 Å². The van der Waals surface area contributed by atoms with Crippen LogP contribution in [-0.2, 0) is 7.05 Å². The lowest BCUT2D eigenvalue weighted by molar-refractivity contribution is 0.469. The summed E-state index contributed by atoms with van der Waals surface area (Å²) in [6.45, 7) is 3.45. The molecule has 1 aromatic carbocycles. The molecule has 0 aliphatic rings. The lowest BCUT2D eigenvalue weighted by Crippen LogP contribution is -2.25. The van der Waals surface area contributed by atoms with Gasteiger partial charge < -0.3 is 9.67 Å². The highest BCUT2D eigenvalue weighted by Crippen LogP contribution is 2.15. The molecule has 0 atom stereocenters. The van der Waals surface area contributed by atoms with Gasteiger partial charge in [-0.25, -0.2) is 0 Å². The van der Waals surface area contributed by atoms with Gasteiger partial charge >= 0.3 is 0 Å². The van der Waals surface area contributed by atoms with Crippen LogP contribution in [0.15, 0.2) is 46.3 Å². The van der Waals surface area contributed by atoms with E-state index in [0.717, 1.165) is 5.69 Å². The molecule has 0 unspecified atom stereocenters. The molecule has 104 valence electrons. The summed E-state index contributed by atoms with van der Waals surface area (Å²) < 4.78 is 1.48. The first kappa shape index (κ1) is 13.9. The number of aromatic hydroxyl groups is 1. The Hall–Kier alpha value is -2.56. The Morgan fingerprint density at radius 2 is 1.95 bits per heavy atom. The van der Waals surface area contributed by atoms with E-state index in [2.05, 4.69) is 10.5 Å². The van der Waals surface area contributed by atoms with Crippen molar-refractivity contribution in [3.8, 4) is 5.75 Å². The summed E-state index contributed by atoms with van der Waals surface area (Å²) in [4.78, 5) is 12.2. The quantitative estimate of drug-likeness (QED) is 0.664. The van der Waals surface area contributed by atoms with Crippen molar-refractivity contribution in [3.63, 3.8) is 0 Å². The second-order valence-corrected chi connectivity index (χ2v) is 4.59. The summed E-state index contributed by atoms with van der Waals surface area (Å²) in [7, 11) is 1.67. The number of aryl methyl sites for hydroxylation is 1. The number of rotatable bonds is 3. The van der Waals surface area contributed by atoms with Crippen molar-refractivity contribution in [3.05, 3.63) is 58.0 Å². The zero-order valence-corrected chi connectivity index (χ0v) is 11.7. The van der Waals surface area contributed by atoms with Gasteiger partial charge in [-0.3, -0.25) is 10.2 Å². The molecule has 0 radical (unpaired) electrons. The van der Waals surface area contributed by atoms with E-state index in [-0.39, 0.29) is 16.9 Å². The van der Waals surface area contributed by atoms with Crippen LogP contribution in [0.5, 0.6) is 5.75 Å². The number of hydrazone groups is 1. The Kier molecular flexibility index (Phi) is 3.89. The molecule has 2 N–H and O–H groups in total. The number of hydrogen-bond acceptors (Lipinski definition) is 4. The normalized spacial score (nSPS) is 11.4. The summed E-state index contributed by atoms with van der Waals surface area (Å²) in [5.74, 6) is -0.0540. The average molecular weight is 271 g/mol. The molecule has 0 amide bonds. The van der Waals surface area contributed by atoms with Crippen molar-refractivity contribution in [2.45, 2.75) is 13.8 Å². The molecule has 5 nitrogen and oxygen atoms in total. The number of hydrogen-bond donors (Lipinski definition) is 2. The number of pyridine rings is 1. The predicted molar refractivity (Wildman–Crippen MR) is 80.4 cm³/mol. The first-order valence-corrected chi connectivity index (χ1v) is 6.26. The van der Waals surface area contributed by atoms with Gasteiger partial charge in [0.05, 0.1) is 11.4 Å². The van der Waals surface area contributed by atoms with E-state index in [9.17, 15) is 9.90 Å². The van der Waals surface area contributed by atoms with Crippen LogP contribution in [0, 0.1) is 6.92 Å². The van der Waals surface area contributed by atoms with Crippen LogP contribution in [0.3, 0.4) is 0 Å². The monoisotopic (exact) mass is 271 g/mol. The Labute approximate surface area is 117 Å². The predicted octanol–water partition coefficient (Wildman–Crippen LogP) is 2.24. The number of benzene rings is 1. The first-order valence-electron chi connectivity index (χ1n) is 6.26. The second-order valence-electron chi connectivity index (χ2n) is 4.59. The van der Waals surface area contributed by atoms with Crippen molar-refractivity contribution in [1.29, 1.82) is 0 Å². The molecule has 0 fully saturated rings. The van der Waals surface area contributed by atoms with E-state index in [0.29, 0.717) is 11.4 Å². The molecule has 0 saturated heterocycles. The van der Waals surface area contributed by atoms with Gasteiger partial charge in [-0.1, -0.05) is 18.2 Å². The molecule has 1 heterocycles. The molecule has 1 aromatic heterocycles. The molecule has 2 aromatic rings. The van der Waals surface area contributed by atoms with Crippen molar-refractivity contribution in [2.24, 2.45) is 12.1 Å². The summed E-state index contributed by atoms with van der Waals surface area (Å²) in [6.07, 6.45) is 0. The van der Waals surface area contributed by atoms with Crippen LogP contribution in [0.1, 0.15) is 18.2 Å². The maximum Gasteiger partial charge on any atom is 0.263 e. The highest BCUT2D eigenvalue weighted by Gasteiger charge is 2.13. The molecule has 0 aliphatic carbocycles. The average Bonchev–Trinajstić information content (AvgIpc) is 2.44. The molecular weight excluding hydrogens is 254 g/mol. The third kappa shape index (κ3) is 2.71. The number of nitrogens with one attached hydrogen (secondary N) is 1. The van der Waals surface area contributed by atoms with Crippen LogP contribution in [0.2, 0.25) is 0 Å². The van der Waals surface area contributed by atoms with Crippen LogP contribution in [-0.4, -0.2) is 15.4 Å². The summed E-state index contributed by atoms with van der Waals surface area (Å²) >= 11 is 0. The van der Waals surface area contributed by atoms with E-state index in [1.165, 1.54) is 4.57 Å². The molecule has 5 heteroatoms. The third-order valence-corrected chi connectivity index (χ3v) is 3.14. The second kappa shape index (κ2) is 5.61. The Balaban J connectivity index is 2.37. The van der Waals surface area contributed by atoms with Gasteiger partial charge in [-0.15, -0.1) is 0 Å². The standard InChI is InChI=1S/C15H17N3O2/c1-10-9-13(19)14(15(20)18(10)3)11(2)16-17-12-7-5-4-6-8-12/h4-9,17,19H,1-3H3/b16-11+. The minimum atomic E-state index is -0.265. The van der Waals surface area contributed by atoms with Crippen LogP contribution >= 0.6 is 0 Å². The fourth-order valence-electron chi connectivity index (χ4n) is 1.86. The lowest BCUT2D eigenvalue weighted by Gasteiger charge is -2.09. The van der Waals surface area contributed by atoms with Gasteiger partial charge in [0, 0.05) is 18.8 Å². The van der Waals surface area contributed by atoms with Crippen molar-refractivity contribution in [2.75, 3.05) is 5.43 Å². The zero-order chi connectivity index (χ0) is 14.7. The number of aromatic nitrogens is 1. The zero-order valence-electron chi connectivity index (χ0n) is 11.7. The highest BCUT2D eigenvalue weighted by atomic mass is 16.3. The Bertz CT molecular complexity index is 703. The summed E-state index contributed by atoms with van der Waals surface area (Å²) in [5.41, 5.74) is 4.75. The summed E-state index contributed by atoms with van der Waals surface area (Å²) in [6, 6.07) is 11.0. The van der Waals surface area contributed by atoms with Gasteiger partial charge in [0.1, 0.15) is 11.3 Å². The molecule has 2 rings (SSSR count). The van der Waals surface area contributed by atoms with Gasteiger partial charge in [0.15, 0.2) is 0 Å². The van der Waals surface area contributed by atoms with Crippen molar-refractivity contribution >= 4 is 11.4 Å². The highest BCUT2D eigenvalue weighted by molar-refractivity contribution is 6.01. The van der Waals surface area contributed by atoms with Crippen LogP contribution < -0.4 is 11.0 Å². The minimum Gasteiger partial charge on any atom is -0.507 e. The van der Waals surface area contributed by atoms with Gasteiger partial charge in [0.25, 0.3) is 5.56 Å². The number of para-hydroxylation sites is 1. The van der Waals surface area contributed by atoms with E-state index in [1.807, 2.05) is 30.3 Å². The number of anilines is 1.